The van der Waals surface area contributed by atoms with Crippen LogP contribution in [0.15, 0.2) is 0 Å². The fourth-order valence-corrected chi connectivity index (χ4v) is 0. The molecule has 22 N–H and O–H groups in total. The number of rotatable bonds is 0. The van der Waals surface area contributed by atoms with Gasteiger partial charge in [0.05, 0.1) is 0 Å². The summed E-state index contributed by atoms with van der Waals surface area (Å²) in [5, 5.41) is 12.0. The summed E-state index contributed by atoms with van der Waals surface area (Å²) in [5.41, 5.74) is 0. The van der Waals surface area contributed by atoms with Gasteiger partial charge in [0.15, 0.2) is 0 Å². The minimum Gasteiger partial charge on any atom is -0.412 e. The van der Waals surface area contributed by atoms with Gasteiger partial charge in [-0.05, 0) is 0 Å². The Morgan fingerprint density at radius 2 is 0.267 bits per heavy atom. The Bertz CT molecular complexity index is 10.8. The van der Waals surface area contributed by atoms with Gasteiger partial charge in [-0.15, -0.1) is 0 Å². The molecule has 12 nitrogen and oxygen atoms in total. The summed E-state index contributed by atoms with van der Waals surface area (Å²) >= 11 is 0. The molecule has 0 aliphatic heterocycles. The first kappa shape index (κ1) is 846. The van der Waals surface area contributed by atoms with Crippen LogP contribution in [-0.4, -0.2) is 65.3 Å². The van der Waals surface area contributed by atoms with Crippen LogP contribution in [0.1, 0.15) is 0 Å². The minimum absolute atomic E-state index is 0. The summed E-state index contributed by atoms with van der Waals surface area (Å²) < 4.78 is 0. The molecule has 0 rings (SSSR count). The fourth-order valence-electron chi connectivity index (χ4n) is 0. The molecule has 0 aliphatic carbocycles. The third-order valence-corrected chi connectivity index (χ3v) is 0. The van der Waals surface area contributed by atoms with Crippen LogP contribution in [0.3, 0.4) is 0 Å². The molecule has 15 heteroatoms. The van der Waals surface area contributed by atoms with Crippen LogP contribution >= 0.6 is 0 Å². The molecule has 0 radical (unpaired) electrons. The maximum atomic E-state index is 6.00. The van der Waals surface area contributed by atoms with Crippen LogP contribution in [0.2, 0.25) is 0 Å². The molecule has 0 heterocycles. The smallest absolute Gasteiger partial charge is 0 e. The fraction of sp³-hybridized carbons (Fsp3) is 0. The average Bonchev–Trinajstić information content (AvgIpc) is 1.00. The van der Waals surface area contributed by atoms with E-state index in [9.17, 15) is 0 Å². The van der Waals surface area contributed by atoms with E-state index in [1.807, 2.05) is 0 Å². The first-order valence-corrected chi connectivity index (χ1v) is 0.200. The maximum absolute atomic E-state index is 6.00. The molecule has 0 fully saturated rings. The molecular formula is H22Fe3O12. The Labute approximate surface area is 116 Å². The van der Waals surface area contributed by atoms with Crippen LogP contribution in [0.25, 0.3) is 0 Å². The Morgan fingerprint density at radius 3 is 0.267 bits per heavy atom. The first-order chi connectivity index (χ1) is 1.00. The Morgan fingerprint density at radius 1 is 0.267 bits per heavy atom. The zero-order valence-electron chi connectivity index (χ0n) is 6.96. The van der Waals surface area contributed by atoms with Gasteiger partial charge in [0.25, 0.3) is 0 Å². The molecule has 0 spiro atoms. The van der Waals surface area contributed by atoms with Crippen molar-refractivity contribution in [2.45, 2.75) is 0 Å². The topological polar surface area (TPSA) is 355 Å². The SMILES string of the molecule is O.O.O.O.O.O.O.O.O.O.OO.[Fe].[Fe].[Fe]. The summed E-state index contributed by atoms with van der Waals surface area (Å²) in [4.78, 5) is 0. The molecule has 0 saturated carbocycles. The standard InChI is InChI=1S/3Fe.H2O2.10H2O/c;;;1-2;;;;;;;;;;/h;;;1-2H;10*1H2. The van der Waals surface area contributed by atoms with Gasteiger partial charge >= 0.3 is 0 Å². The van der Waals surface area contributed by atoms with Gasteiger partial charge in [0, 0.05) is 51.2 Å². The van der Waals surface area contributed by atoms with Crippen molar-refractivity contribution in [3.8, 4) is 0 Å². The van der Waals surface area contributed by atoms with E-state index in [-0.39, 0.29) is 106 Å². The van der Waals surface area contributed by atoms with Crippen molar-refractivity contribution in [2.75, 3.05) is 0 Å². The van der Waals surface area contributed by atoms with Gasteiger partial charge in [-0.3, -0.25) is 10.5 Å². The molecule has 0 atom stereocenters. The van der Waals surface area contributed by atoms with Crippen LogP contribution in [-0.2, 0) is 51.2 Å². The van der Waals surface area contributed by atoms with Crippen LogP contribution in [0, 0.1) is 0 Å². The molecule has 0 aromatic heterocycles. The summed E-state index contributed by atoms with van der Waals surface area (Å²) in [5.74, 6) is 0. The van der Waals surface area contributed by atoms with E-state index in [0.717, 1.165) is 0 Å². The predicted octanol–water partition coefficient (Wildman–Crippen LogP) is -8.24. The van der Waals surface area contributed by atoms with Crippen molar-refractivity contribution in [2.24, 2.45) is 0 Å². The van der Waals surface area contributed by atoms with Gasteiger partial charge < -0.3 is 54.8 Å². The largest absolute Gasteiger partial charge is 0.412 e. The normalized spacial score (nSPS) is 0.400. The van der Waals surface area contributed by atoms with Crippen molar-refractivity contribution in [1.82, 2.24) is 0 Å². The molecule has 15 heavy (non-hydrogen) atoms. The zero-order valence-corrected chi connectivity index (χ0v) is 10.3. The van der Waals surface area contributed by atoms with Crippen LogP contribution < -0.4 is 0 Å². The van der Waals surface area contributed by atoms with Gasteiger partial charge in [0.2, 0.25) is 0 Å². The molecule has 0 aliphatic rings. The second-order valence-electron chi connectivity index (χ2n) is 0. The third kappa shape index (κ3) is 2220. The summed E-state index contributed by atoms with van der Waals surface area (Å²) in [6.45, 7) is 0. The van der Waals surface area contributed by atoms with Gasteiger partial charge in [-0.25, -0.2) is 0 Å². The second-order valence-corrected chi connectivity index (χ2v) is 0. The van der Waals surface area contributed by atoms with E-state index in [1.54, 1.807) is 0 Å². The van der Waals surface area contributed by atoms with Gasteiger partial charge in [0.1, 0.15) is 0 Å². The molecular weight excluding hydrogens is 360 g/mol. The van der Waals surface area contributed by atoms with Gasteiger partial charge in [-0.1, -0.05) is 0 Å². The molecule has 118 valence electrons. The molecule has 0 aromatic rings. The Hall–Kier alpha value is 1.08. The monoisotopic (exact) mass is 382 g/mol. The van der Waals surface area contributed by atoms with Crippen molar-refractivity contribution in [3.05, 3.63) is 0 Å². The van der Waals surface area contributed by atoms with E-state index in [4.69, 9.17) is 10.5 Å². The number of hydrogen-bond acceptors (Lipinski definition) is 2. The predicted molar refractivity (Wildman–Crippen MR) is 41.4 cm³/mol. The van der Waals surface area contributed by atoms with Crippen LogP contribution in [0.5, 0.6) is 0 Å². The van der Waals surface area contributed by atoms with Crippen LogP contribution in [0.4, 0.5) is 0 Å². The molecule has 0 aromatic carbocycles. The molecule has 0 bridgehead atoms. The maximum Gasteiger partial charge on any atom is 0 e. The summed E-state index contributed by atoms with van der Waals surface area (Å²) in [6.07, 6.45) is 0. The zero-order chi connectivity index (χ0) is 2.00. The van der Waals surface area contributed by atoms with E-state index in [0.29, 0.717) is 0 Å². The second kappa shape index (κ2) is 2570. The first-order valence-electron chi connectivity index (χ1n) is 0.200. The van der Waals surface area contributed by atoms with E-state index >= 15 is 0 Å². The van der Waals surface area contributed by atoms with E-state index in [1.165, 1.54) is 0 Å². The average molecular weight is 382 g/mol. The van der Waals surface area contributed by atoms with Crippen molar-refractivity contribution >= 4 is 0 Å². The molecule has 0 saturated heterocycles. The third-order valence-electron chi connectivity index (χ3n) is 0. The van der Waals surface area contributed by atoms with Crippen molar-refractivity contribution in [3.63, 3.8) is 0 Å². The minimum atomic E-state index is 0. The summed E-state index contributed by atoms with van der Waals surface area (Å²) in [7, 11) is 0. The number of hydrogen-bond donors (Lipinski definition) is 2. The molecule has 0 amide bonds. The van der Waals surface area contributed by atoms with Crippen molar-refractivity contribution < 1.29 is 116 Å². The summed E-state index contributed by atoms with van der Waals surface area (Å²) in [6, 6.07) is 0. The van der Waals surface area contributed by atoms with Gasteiger partial charge in [-0.2, -0.15) is 0 Å². The van der Waals surface area contributed by atoms with Crippen molar-refractivity contribution in [1.29, 1.82) is 0 Å². The molecule has 0 unspecified atom stereocenters. The Kier molecular flexibility index (Phi) is 145000. The quantitative estimate of drug-likeness (QED) is 0.234. The van der Waals surface area contributed by atoms with E-state index < -0.39 is 0 Å². The Balaban J connectivity index is -0.0000000000641. The van der Waals surface area contributed by atoms with E-state index in [2.05, 4.69) is 0 Å².